The Morgan fingerprint density at radius 1 is 0.431 bits per heavy atom. The Morgan fingerprint density at radius 3 is 1.24 bits per heavy atom. The Labute approximate surface area is 334 Å². The highest BCUT2D eigenvalue weighted by Crippen LogP contribution is 2.12. The first-order valence-corrected chi connectivity index (χ1v) is 18.9. The van der Waals surface area contributed by atoms with Crippen LogP contribution in [0.15, 0.2) is 0 Å². The molecule has 0 aromatic heterocycles. The zero-order chi connectivity index (χ0) is 43.9. The lowest BCUT2D eigenvalue weighted by molar-refractivity contribution is -0.142. The Morgan fingerprint density at radius 2 is 0.810 bits per heavy atom. The standard InChI is InChI=1S/C35H58N7O16/c43-16-15-36-31(53)23(18-44)41-34(56)26(21-47)40-29(50)17-37-32(54)24(19-45)42-33(55)25(20-46)39-28(49)14-13-22(35(57)58)38-27(48)11-9-7-5-3-1-2-4-6-8-10-12-30(51)52/h22-26,44-47H,1-15,17-21H2,(H,36,53)(H,37,54)(H,38,48)(H,39,49)(H,40,50)(H,41,56)(H,42,55)(H,51,52)(H,57,58)/t22-,23-,24-,25-,26-/m0/s1. The highest BCUT2D eigenvalue weighted by molar-refractivity contribution is 5.95. The molecule has 23 heteroatoms. The fourth-order valence-corrected chi connectivity index (χ4v) is 5.15. The molecule has 0 aromatic rings. The number of hydrogen-bond donors (Lipinski definition) is 13. The monoisotopic (exact) mass is 832 g/mol. The van der Waals surface area contributed by atoms with Gasteiger partial charge >= 0.3 is 11.9 Å². The van der Waals surface area contributed by atoms with E-state index in [1.165, 1.54) is 6.29 Å². The predicted octanol–water partition coefficient (Wildman–Crippen LogP) is -4.65. The van der Waals surface area contributed by atoms with Crippen LogP contribution in [0.5, 0.6) is 0 Å². The molecule has 0 unspecified atom stereocenters. The van der Waals surface area contributed by atoms with Gasteiger partial charge in [-0.2, -0.15) is 0 Å². The maximum atomic E-state index is 12.7. The van der Waals surface area contributed by atoms with Gasteiger partial charge in [-0.05, 0) is 19.3 Å². The van der Waals surface area contributed by atoms with Crippen LogP contribution < -0.4 is 37.2 Å². The van der Waals surface area contributed by atoms with Crippen molar-refractivity contribution in [3.05, 3.63) is 0 Å². The molecule has 0 aliphatic heterocycles. The molecule has 0 heterocycles. The number of rotatable bonds is 34. The minimum atomic E-state index is -1.71. The van der Waals surface area contributed by atoms with Gasteiger partial charge in [0.05, 0.1) is 39.5 Å². The lowest BCUT2D eigenvalue weighted by Crippen LogP contribution is -2.58. The van der Waals surface area contributed by atoms with Crippen LogP contribution >= 0.6 is 0 Å². The Balaban J connectivity index is 4.72. The van der Waals surface area contributed by atoms with Crippen molar-refractivity contribution < 1.29 is 78.6 Å². The van der Waals surface area contributed by atoms with Crippen LogP contribution in [0.1, 0.15) is 89.9 Å². The van der Waals surface area contributed by atoms with Crippen LogP contribution in [-0.2, 0) is 47.9 Å². The van der Waals surface area contributed by atoms with Crippen molar-refractivity contribution >= 4 is 59.6 Å². The van der Waals surface area contributed by atoms with E-state index in [9.17, 15) is 73.5 Å². The zero-order valence-corrected chi connectivity index (χ0v) is 32.3. The number of aliphatic carboxylic acids is 2. The molecule has 1 radical (unpaired) electrons. The molecule has 0 rings (SSSR count). The van der Waals surface area contributed by atoms with Crippen molar-refractivity contribution in [2.75, 3.05) is 39.5 Å². The van der Waals surface area contributed by atoms with Gasteiger partial charge < -0.3 is 67.9 Å². The van der Waals surface area contributed by atoms with Crippen molar-refractivity contribution in [3.63, 3.8) is 0 Å². The number of carbonyl (C=O) groups excluding carboxylic acids is 8. The van der Waals surface area contributed by atoms with E-state index in [-0.39, 0.29) is 19.3 Å². The molecular weight excluding hydrogens is 774 g/mol. The van der Waals surface area contributed by atoms with Gasteiger partial charge in [-0.15, -0.1) is 0 Å². The molecule has 329 valence electrons. The average molecular weight is 833 g/mol. The molecule has 0 aliphatic rings. The largest absolute Gasteiger partial charge is 0.481 e. The van der Waals surface area contributed by atoms with Crippen LogP contribution in [0, 0.1) is 0 Å². The van der Waals surface area contributed by atoms with Crippen molar-refractivity contribution in [1.82, 2.24) is 37.2 Å². The van der Waals surface area contributed by atoms with Gasteiger partial charge in [0.1, 0.15) is 30.2 Å². The summed E-state index contributed by atoms with van der Waals surface area (Å²) in [6, 6.07) is -8.00. The maximum absolute atomic E-state index is 12.7. The molecule has 0 fully saturated rings. The molecular formula is C35H58N7O16. The smallest absolute Gasteiger partial charge is 0.326 e. The number of unbranched alkanes of at least 4 members (excludes halogenated alkanes) is 9. The lowest BCUT2D eigenvalue weighted by atomic mass is 10.0. The van der Waals surface area contributed by atoms with E-state index < -0.39 is 129 Å². The van der Waals surface area contributed by atoms with E-state index in [1.807, 2.05) is 10.6 Å². The molecule has 0 saturated carbocycles. The van der Waals surface area contributed by atoms with Crippen LogP contribution in [0.4, 0.5) is 0 Å². The SMILES string of the molecule is O=[C]CNC(=O)[C@H](CO)NC(=O)[C@H](CO)NC(=O)CNC(=O)[C@H](CO)NC(=O)[C@H](CO)NC(=O)CC[C@H](NC(=O)CCCCCCCCCCCCC(=O)O)C(=O)O. The summed E-state index contributed by atoms with van der Waals surface area (Å²) >= 11 is 0. The minimum absolute atomic E-state index is 0.0776. The van der Waals surface area contributed by atoms with Gasteiger partial charge in [-0.25, -0.2) is 4.79 Å². The van der Waals surface area contributed by atoms with Crippen LogP contribution in [0.25, 0.3) is 0 Å². The number of hydrogen-bond acceptors (Lipinski definition) is 14. The number of carboxylic acid groups (broad SMARTS) is 2. The van der Waals surface area contributed by atoms with E-state index >= 15 is 0 Å². The van der Waals surface area contributed by atoms with Gasteiger partial charge in [0.2, 0.25) is 47.6 Å². The highest BCUT2D eigenvalue weighted by atomic mass is 16.4. The summed E-state index contributed by atoms with van der Waals surface area (Å²) in [7, 11) is 0. The van der Waals surface area contributed by atoms with Crippen molar-refractivity contribution in [2.45, 2.75) is 120 Å². The number of aliphatic hydroxyl groups is 4. The molecule has 13 N–H and O–H groups in total. The topological polar surface area (TPSA) is 376 Å². The number of nitrogens with one attached hydrogen (secondary N) is 7. The number of carbonyl (C=O) groups is 9. The molecule has 0 bridgehead atoms. The first-order chi connectivity index (χ1) is 27.6. The summed E-state index contributed by atoms with van der Waals surface area (Å²) in [4.78, 5) is 119. The lowest BCUT2D eigenvalue weighted by Gasteiger charge is -2.22. The van der Waals surface area contributed by atoms with Crippen molar-refractivity contribution in [1.29, 1.82) is 0 Å². The van der Waals surface area contributed by atoms with Gasteiger partial charge in [-0.1, -0.05) is 51.4 Å². The zero-order valence-electron chi connectivity index (χ0n) is 32.3. The molecule has 5 atom stereocenters. The number of aliphatic hydroxyl groups excluding tert-OH is 4. The van der Waals surface area contributed by atoms with Gasteiger partial charge in [0.25, 0.3) is 0 Å². The molecule has 0 spiro atoms. The van der Waals surface area contributed by atoms with Crippen molar-refractivity contribution in [3.8, 4) is 0 Å². The average Bonchev–Trinajstić information content (AvgIpc) is 3.19. The second-order valence-electron chi connectivity index (χ2n) is 13.1. The second-order valence-corrected chi connectivity index (χ2v) is 13.1. The Hall–Kier alpha value is -5.26. The summed E-state index contributed by atoms with van der Waals surface area (Å²) in [6.07, 6.45) is 9.60. The van der Waals surface area contributed by atoms with Crippen LogP contribution in [0.2, 0.25) is 0 Å². The van der Waals surface area contributed by atoms with Crippen LogP contribution in [0.3, 0.4) is 0 Å². The summed E-state index contributed by atoms with van der Waals surface area (Å²) in [5, 5.41) is 71.1. The third kappa shape index (κ3) is 24.4. The molecule has 58 heavy (non-hydrogen) atoms. The van der Waals surface area contributed by atoms with Gasteiger partial charge in [-0.3, -0.25) is 43.2 Å². The first-order valence-electron chi connectivity index (χ1n) is 18.9. The van der Waals surface area contributed by atoms with E-state index in [4.69, 9.17) is 5.11 Å². The fraction of sp³-hybridized carbons (Fsp3) is 0.714. The summed E-state index contributed by atoms with van der Waals surface area (Å²) < 4.78 is 0. The number of amides is 7. The van der Waals surface area contributed by atoms with E-state index in [0.29, 0.717) is 12.8 Å². The van der Waals surface area contributed by atoms with Crippen molar-refractivity contribution in [2.24, 2.45) is 0 Å². The first kappa shape index (κ1) is 52.7. The highest BCUT2D eigenvalue weighted by Gasteiger charge is 2.29. The third-order valence-electron chi connectivity index (χ3n) is 8.40. The van der Waals surface area contributed by atoms with E-state index in [2.05, 4.69) is 26.6 Å². The Kier molecular flexibility index (Phi) is 28.9. The quantitative estimate of drug-likeness (QED) is 0.0271. The molecule has 0 saturated heterocycles. The van der Waals surface area contributed by atoms with E-state index in [1.54, 1.807) is 0 Å². The second kappa shape index (κ2) is 31.8. The third-order valence-corrected chi connectivity index (χ3v) is 8.40. The molecule has 0 aromatic carbocycles. The summed E-state index contributed by atoms with van der Waals surface area (Å²) in [5.74, 6) is -8.97. The Bertz CT molecular complexity index is 1350. The summed E-state index contributed by atoms with van der Waals surface area (Å²) in [6.45, 7) is -5.25. The summed E-state index contributed by atoms with van der Waals surface area (Å²) in [5.41, 5.74) is 0. The predicted molar refractivity (Wildman–Crippen MR) is 200 cm³/mol. The minimum Gasteiger partial charge on any atom is -0.481 e. The normalized spacial score (nSPS) is 13.3. The van der Waals surface area contributed by atoms with E-state index in [0.717, 1.165) is 51.4 Å². The number of carboxylic acids is 2. The molecule has 7 amide bonds. The fourth-order valence-electron chi connectivity index (χ4n) is 5.15. The molecule has 0 aliphatic carbocycles. The van der Waals surface area contributed by atoms with Gasteiger partial charge in [0.15, 0.2) is 0 Å². The maximum Gasteiger partial charge on any atom is 0.326 e. The molecule has 23 nitrogen and oxygen atoms in total. The van der Waals surface area contributed by atoms with Crippen LogP contribution in [-0.4, -0.2) is 160 Å². The van der Waals surface area contributed by atoms with Gasteiger partial charge in [0, 0.05) is 19.3 Å².